The molecule has 0 unspecified atom stereocenters. The largest absolute Gasteiger partial charge is 0.384 e. The van der Waals surface area contributed by atoms with Crippen molar-refractivity contribution in [3.05, 3.63) is 42.1 Å². The lowest BCUT2D eigenvalue weighted by Crippen LogP contribution is -2.17. The van der Waals surface area contributed by atoms with Crippen LogP contribution in [0.4, 0.5) is 0 Å². The molecule has 0 radical (unpaired) electrons. The molecule has 5 heteroatoms. The van der Waals surface area contributed by atoms with Gasteiger partial charge in [-0.15, -0.1) is 0 Å². The first-order valence-electron chi connectivity index (χ1n) is 4.48. The first-order valence-corrected chi connectivity index (χ1v) is 4.48. The van der Waals surface area contributed by atoms with E-state index in [1.54, 1.807) is 29.5 Å². The number of rotatable bonds is 2. The van der Waals surface area contributed by atoms with Crippen LogP contribution in [0, 0.1) is 12.3 Å². The van der Waals surface area contributed by atoms with E-state index >= 15 is 0 Å². The summed E-state index contributed by atoms with van der Waals surface area (Å²) in [6.07, 6.45) is 6.76. The monoisotopic (exact) mass is 201 g/mol. The zero-order valence-electron chi connectivity index (χ0n) is 8.31. The first-order chi connectivity index (χ1) is 7.20. The molecule has 0 aromatic carbocycles. The molecule has 15 heavy (non-hydrogen) atoms. The SMILES string of the molecule is Cc1ccnc(-n2ccnc2)c1C(=N)N. The van der Waals surface area contributed by atoms with E-state index < -0.39 is 0 Å². The maximum Gasteiger partial charge on any atom is 0.149 e. The van der Waals surface area contributed by atoms with Crippen LogP contribution in [0.2, 0.25) is 0 Å². The number of nitrogens with two attached hydrogens (primary N) is 1. The molecule has 2 aromatic rings. The Bertz CT molecular complexity index is 487. The Morgan fingerprint density at radius 3 is 2.87 bits per heavy atom. The van der Waals surface area contributed by atoms with Crippen molar-refractivity contribution in [3.8, 4) is 5.82 Å². The third-order valence-electron chi connectivity index (χ3n) is 2.16. The summed E-state index contributed by atoms with van der Waals surface area (Å²) in [7, 11) is 0. The highest BCUT2D eigenvalue weighted by Gasteiger charge is 2.10. The molecule has 0 bridgehead atoms. The summed E-state index contributed by atoms with van der Waals surface area (Å²) in [5.74, 6) is 0.657. The van der Waals surface area contributed by atoms with Gasteiger partial charge >= 0.3 is 0 Å². The summed E-state index contributed by atoms with van der Waals surface area (Å²) in [6.45, 7) is 1.90. The summed E-state index contributed by atoms with van der Waals surface area (Å²) in [5, 5.41) is 7.52. The van der Waals surface area contributed by atoms with Crippen molar-refractivity contribution >= 4 is 5.84 Å². The molecule has 0 atom stereocenters. The molecular weight excluding hydrogens is 190 g/mol. The van der Waals surface area contributed by atoms with E-state index in [-0.39, 0.29) is 5.84 Å². The van der Waals surface area contributed by atoms with Crippen LogP contribution in [-0.4, -0.2) is 20.4 Å². The minimum Gasteiger partial charge on any atom is -0.384 e. The average molecular weight is 201 g/mol. The number of amidine groups is 1. The van der Waals surface area contributed by atoms with Gasteiger partial charge in [0.2, 0.25) is 0 Å². The van der Waals surface area contributed by atoms with Gasteiger partial charge in [0.05, 0.1) is 5.56 Å². The molecule has 3 N–H and O–H groups in total. The molecule has 0 fully saturated rings. The molecule has 0 saturated heterocycles. The smallest absolute Gasteiger partial charge is 0.149 e. The summed E-state index contributed by atoms with van der Waals surface area (Å²) in [5.41, 5.74) is 7.11. The van der Waals surface area contributed by atoms with Crippen molar-refractivity contribution in [1.29, 1.82) is 5.41 Å². The van der Waals surface area contributed by atoms with E-state index in [4.69, 9.17) is 11.1 Å². The van der Waals surface area contributed by atoms with E-state index in [2.05, 4.69) is 9.97 Å². The second-order valence-corrected chi connectivity index (χ2v) is 3.21. The zero-order chi connectivity index (χ0) is 10.8. The molecular formula is C10H11N5. The molecule has 0 aliphatic carbocycles. The third-order valence-corrected chi connectivity index (χ3v) is 2.16. The minimum absolute atomic E-state index is 0.0179. The van der Waals surface area contributed by atoms with Gasteiger partial charge in [-0.1, -0.05) is 0 Å². The van der Waals surface area contributed by atoms with Crippen LogP contribution in [0.15, 0.2) is 31.0 Å². The Hall–Kier alpha value is -2.17. The number of aromatic nitrogens is 3. The van der Waals surface area contributed by atoms with Crippen molar-refractivity contribution in [2.45, 2.75) is 6.92 Å². The van der Waals surface area contributed by atoms with Gasteiger partial charge in [-0.05, 0) is 18.6 Å². The van der Waals surface area contributed by atoms with Crippen LogP contribution >= 0.6 is 0 Å². The van der Waals surface area contributed by atoms with E-state index in [1.807, 2.05) is 13.0 Å². The van der Waals surface area contributed by atoms with Crippen molar-refractivity contribution < 1.29 is 0 Å². The summed E-state index contributed by atoms with van der Waals surface area (Å²) in [4.78, 5) is 8.15. The van der Waals surface area contributed by atoms with E-state index in [0.717, 1.165) is 5.56 Å². The number of nitrogens with zero attached hydrogens (tertiary/aromatic N) is 3. The predicted molar refractivity (Wildman–Crippen MR) is 57.1 cm³/mol. The van der Waals surface area contributed by atoms with Gasteiger partial charge in [-0.25, -0.2) is 9.97 Å². The predicted octanol–water partition coefficient (Wildman–Crippen LogP) is 0.860. The lowest BCUT2D eigenvalue weighted by molar-refractivity contribution is 0.980. The average Bonchev–Trinajstić information content (AvgIpc) is 2.69. The van der Waals surface area contributed by atoms with Crippen molar-refractivity contribution in [2.75, 3.05) is 0 Å². The topological polar surface area (TPSA) is 80.6 Å². The van der Waals surface area contributed by atoms with Crippen LogP contribution in [0.1, 0.15) is 11.1 Å². The standard InChI is InChI=1S/C10H11N5/c1-7-2-3-14-10(8(7)9(11)12)15-5-4-13-6-15/h2-6H,1H3,(H3,11,12). The van der Waals surface area contributed by atoms with Crippen LogP contribution in [0.3, 0.4) is 0 Å². The minimum atomic E-state index is 0.0179. The number of hydrogen-bond donors (Lipinski definition) is 2. The molecule has 0 aliphatic heterocycles. The van der Waals surface area contributed by atoms with E-state index in [9.17, 15) is 0 Å². The highest BCUT2D eigenvalue weighted by Crippen LogP contribution is 2.14. The van der Waals surface area contributed by atoms with Crippen molar-refractivity contribution in [2.24, 2.45) is 5.73 Å². The number of hydrogen-bond acceptors (Lipinski definition) is 3. The number of pyridine rings is 1. The fourth-order valence-corrected chi connectivity index (χ4v) is 1.46. The highest BCUT2D eigenvalue weighted by molar-refractivity contribution is 5.99. The number of imidazole rings is 1. The Labute approximate surface area is 87.1 Å². The maximum atomic E-state index is 7.52. The molecule has 5 nitrogen and oxygen atoms in total. The van der Waals surface area contributed by atoms with Gasteiger partial charge in [-0.3, -0.25) is 9.98 Å². The molecule has 0 aliphatic rings. The molecule has 0 amide bonds. The lowest BCUT2D eigenvalue weighted by Gasteiger charge is -2.09. The molecule has 2 aromatic heterocycles. The Kier molecular flexibility index (Phi) is 2.21. The molecule has 2 rings (SSSR count). The van der Waals surface area contributed by atoms with Gasteiger partial charge in [0.1, 0.15) is 18.0 Å². The second-order valence-electron chi connectivity index (χ2n) is 3.21. The van der Waals surface area contributed by atoms with Crippen LogP contribution in [-0.2, 0) is 0 Å². The van der Waals surface area contributed by atoms with Gasteiger partial charge in [0, 0.05) is 18.6 Å². The Morgan fingerprint density at radius 2 is 2.27 bits per heavy atom. The Morgan fingerprint density at radius 1 is 1.47 bits per heavy atom. The fourth-order valence-electron chi connectivity index (χ4n) is 1.46. The van der Waals surface area contributed by atoms with E-state index in [1.165, 1.54) is 0 Å². The maximum absolute atomic E-state index is 7.52. The van der Waals surface area contributed by atoms with Gasteiger partial charge < -0.3 is 5.73 Å². The zero-order valence-corrected chi connectivity index (χ0v) is 8.31. The number of nitrogen functional groups attached to an aromatic ring is 1. The van der Waals surface area contributed by atoms with Gasteiger partial charge in [-0.2, -0.15) is 0 Å². The van der Waals surface area contributed by atoms with Crippen molar-refractivity contribution in [1.82, 2.24) is 14.5 Å². The van der Waals surface area contributed by atoms with Crippen LogP contribution in [0.25, 0.3) is 5.82 Å². The van der Waals surface area contributed by atoms with Crippen LogP contribution in [0.5, 0.6) is 0 Å². The molecule has 0 spiro atoms. The first kappa shape index (κ1) is 9.39. The summed E-state index contributed by atoms with van der Waals surface area (Å²) in [6, 6.07) is 1.83. The molecule has 2 heterocycles. The summed E-state index contributed by atoms with van der Waals surface area (Å²) >= 11 is 0. The van der Waals surface area contributed by atoms with Crippen LogP contribution < -0.4 is 5.73 Å². The second kappa shape index (κ2) is 3.53. The lowest BCUT2D eigenvalue weighted by atomic mass is 10.1. The fraction of sp³-hybridized carbons (Fsp3) is 0.100. The number of aryl methyl sites for hydroxylation is 1. The quantitative estimate of drug-likeness (QED) is 0.558. The van der Waals surface area contributed by atoms with Crippen molar-refractivity contribution in [3.63, 3.8) is 0 Å². The normalized spacial score (nSPS) is 10.2. The van der Waals surface area contributed by atoms with Gasteiger partial charge in [0.15, 0.2) is 0 Å². The molecule has 76 valence electrons. The number of nitrogens with one attached hydrogen (secondary N) is 1. The summed E-state index contributed by atoms with van der Waals surface area (Å²) < 4.78 is 1.74. The molecule has 0 saturated carbocycles. The Balaban J connectivity index is 2.66. The third kappa shape index (κ3) is 1.59. The van der Waals surface area contributed by atoms with Gasteiger partial charge in [0.25, 0.3) is 0 Å². The van der Waals surface area contributed by atoms with E-state index in [0.29, 0.717) is 11.4 Å². The highest BCUT2D eigenvalue weighted by atomic mass is 15.1.